The molecule has 4 rings (SSSR count). The molecule has 3 unspecified atom stereocenters. The van der Waals surface area contributed by atoms with Crippen molar-refractivity contribution in [3.63, 3.8) is 0 Å². The lowest BCUT2D eigenvalue weighted by Crippen LogP contribution is -2.61. The fourth-order valence-electron chi connectivity index (χ4n) is 5.39. The first-order valence-electron chi connectivity index (χ1n) is 11.6. The molecule has 0 spiro atoms. The molecule has 0 radical (unpaired) electrons. The molecule has 2 aromatic rings. The van der Waals surface area contributed by atoms with E-state index < -0.39 is 0 Å². The molecule has 0 saturated carbocycles. The number of carbonyl (C=O) groups excluding carboxylic acids is 1. The van der Waals surface area contributed by atoms with E-state index in [2.05, 4.69) is 46.7 Å². The second-order valence-corrected chi connectivity index (χ2v) is 9.19. The molecule has 2 aliphatic heterocycles. The Balaban J connectivity index is 1.73. The van der Waals surface area contributed by atoms with Crippen molar-refractivity contribution < 1.29 is 9.53 Å². The van der Waals surface area contributed by atoms with Gasteiger partial charge in [0.05, 0.1) is 13.2 Å². The summed E-state index contributed by atoms with van der Waals surface area (Å²) in [5.41, 5.74) is 3.19. The number of likely N-dealkylation sites (tertiary alicyclic amines) is 1. The second kappa shape index (κ2) is 9.88. The summed E-state index contributed by atoms with van der Waals surface area (Å²) in [6.45, 7) is 7.04. The van der Waals surface area contributed by atoms with Crippen LogP contribution in [0.15, 0.2) is 61.2 Å². The number of piperazine rings is 1. The number of benzene rings is 2. The lowest BCUT2D eigenvalue weighted by molar-refractivity contribution is -0.0250. The molecule has 0 aromatic heterocycles. The lowest BCUT2D eigenvalue weighted by atomic mass is 9.85. The van der Waals surface area contributed by atoms with Crippen molar-refractivity contribution in [1.82, 2.24) is 14.7 Å². The van der Waals surface area contributed by atoms with Gasteiger partial charge in [-0.15, -0.1) is 6.58 Å². The molecule has 32 heavy (non-hydrogen) atoms. The normalized spacial score (nSPS) is 22.2. The second-order valence-electron chi connectivity index (χ2n) is 9.19. The molecule has 2 bridgehead atoms. The van der Waals surface area contributed by atoms with E-state index in [0.717, 1.165) is 30.9 Å². The van der Waals surface area contributed by atoms with Crippen LogP contribution in [0.4, 0.5) is 0 Å². The summed E-state index contributed by atoms with van der Waals surface area (Å²) in [5, 5.41) is 0. The fraction of sp³-hybridized carbons (Fsp3) is 0.444. The molecule has 2 fully saturated rings. The molecule has 2 heterocycles. The van der Waals surface area contributed by atoms with Gasteiger partial charge in [-0.05, 0) is 48.2 Å². The summed E-state index contributed by atoms with van der Waals surface area (Å²) >= 11 is 0. The number of amides is 1. The number of ether oxygens (including phenoxy) is 1. The topological polar surface area (TPSA) is 36.0 Å². The van der Waals surface area contributed by atoms with E-state index in [1.807, 2.05) is 24.3 Å². The van der Waals surface area contributed by atoms with Crippen molar-refractivity contribution >= 4 is 5.91 Å². The minimum Gasteiger partial charge on any atom is -0.497 e. The molecule has 3 atom stereocenters. The first kappa shape index (κ1) is 22.6. The predicted octanol–water partition coefficient (Wildman–Crippen LogP) is 4.21. The molecular weight excluding hydrogens is 398 g/mol. The van der Waals surface area contributed by atoms with E-state index in [-0.39, 0.29) is 11.9 Å². The molecule has 2 aromatic carbocycles. The van der Waals surface area contributed by atoms with Crippen LogP contribution in [0.2, 0.25) is 0 Å². The van der Waals surface area contributed by atoms with Gasteiger partial charge in [-0.1, -0.05) is 36.8 Å². The molecule has 5 heteroatoms. The molecule has 0 aliphatic carbocycles. The minimum atomic E-state index is 0.0318. The van der Waals surface area contributed by atoms with Crippen molar-refractivity contribution in [3.8, 4) is 5.75 Å². The Bertz CT molecular complexity index is 926. The summed E-state index contributed by atoms with van der Waals surface area (Å²) in [4.78, 5) is 19.3. The van der Waals surface area contributed by atoms with Gasteiger partial charge >= 0.3 is 0 Å². The van der Waals surface area contributed by atoms with Crippen LogP contribution < -0.4 is 4.74 Å². The van der Waals surface area contributed by atoms with Crippen LogP contribution in [-0.4, -0.2) is 73.5 Å². The van der Waals surface area contributed by atoms with Gasteiger partial charge in [0.2, 0.25) is 0 Å². The minimum absolute atomic E-state index is 0.0318. The van der Waals surface area contributed by atoms with Crippen LogP contribution in [0, 0.1) is 0 Å². The quantitative estimate of drug-likeness (QED) is 0.613. The van der Waals surface area contributed by atoms with Gasteiger partial charge in [-0.2, -0.15) is 0 Å². The number of methoxy groups -OCH3 is 1. The highest BCUT2D eigenvalue weighted by Gasteiger charge is 2.41. The van der Waals surface area contributed by atoms with Crippen molar-refractivity contribution in [3.05, 3.63) is 77.9 Å². The summed E-state index contributed by atoms with van der Waals surface area (Å²) in [6, 6.07) is 17.8. The van der Waals surface area contributed by atoms with Gasteiger partial charge in [-0.3, -0.25) is 14.6 Å². The number of carbonyl (C=O) groups is 1. The van der Waals surface area contributed by atoms with Crippen molar-refractivity contribution in [2.45, 2.75) is 37.4 Å². The van der Waals surface area contributed by atoms with Crippen molar-refractivity contribution in [1.29, 1.82) is 0 Å². The summed E-state index contributed by atoms with van der Waals surface area (Å²) in [6.07, 6.45) is 5.73. The molecule has 5 nitrogen and oxygen atoms in total. The van der Waals surface area contributed by atoms with E-state index >= 15 is 0 Å². The van der Waals surface area contributed by atoms with E-state index in [4.69, 9.17) is 4.74 Å². The Labute approximate surface area is 192 Å². The van der Waals surface area contributed by atoms with E-state index in [1.54, 1.807) is 26.1 Å². The Kier molecular flexibility index (Phi) is 6.97. The van der Waals surface area contributed by atoms with Crippen LogP contribution >= 0.6 is 0 Å². The monoisotopic (exact) mass is 433 g/mol. The number of rotatable bonds is 7. The average molecular weight is 434 g/mol. The van der Waals surface area contributed by atoms with Gasteiger partial charge in [0.25, 0.3) is 5.91 Å². The van der Waals surface area contributed by atoms with Gasteiger partial charge in [0.15, 0.2) is 0 Å². The first-order valence-corrected chi connectivity index (χ1v) is 11.6. The molecule has 0 N–H and O–H groups in total. The molecular formula is C27H35N3O2. The van der Waals surface area contributed by atoms with Crippen LogP contribution in [0.1, 0.15) is 46.8 Å². The number of hydrogen-bond donors (Lipinski definition) is 0. The van der Waals surface area contributed by atoms with E-state index in [9.17, 15) is 4.79 Å². The number of fused-ring (bicyclic) bond motifs is 2. The Morgan fingerprint density at radius 3 is 2.41 bits per heavy atom. The maximum absolute atomic E-state index is 12.4. The maximum atomic E-state index is 12.4. The zero-order valence-electron chi connectivity index (χ0n) is 19.5. The molecule has 1 amide bonds. The zero-order chi connectivity index (χ0) is 22.7. The Hall–Kier alpha value is -2.63. The highest BCUT2D eigenvalue weighted by atomic mass is 16.5. The summed E-state index contributed by atoms with van der Waals surface area (Å²) < 4.78 is 5.56. The van der Waals surface area contributed by atoms with Crippen LogP contribution in [0.3, 0.4) is 0 Å². The fourth-order valence-corrected chi connectivity index (χ4v) is 5.39. The molecule has 2 aliphatic rings. The lowest BCUT2D eigenvalue weighted by Gasteiger charge is -2.53. The maximum Gasteiger partial charge on any atom is 0.253 e. The highest BCUT2D eigenvalue weighted by Crippen LogP contribution is 2.40. The highest BCUT2D eigenvalue weighted by molar-refractivity contribution is 5.93. The molecule has 170 valence electrons. The van der Waals surface area contributed by atoms with Gasteiger partial charge in [-0.25, -0.2) is 0 Å². The zero-order valence-corrected chi connectivity index (χ0v) is 19.5. The van der Waals surface area contributed by atoms with Crippen molar-refractivity contribution in [2.24, 2.45) is 0 Å². The van der Waals surface area contributed by atoms with Crippen LogP contribution in [-0.2, 0) is 0 Å². The predicted molar refractivity (Wildman–Crippen MR) is 129 cm³/mol. The SMILES string of the molecule is C=CCN1CC2CCCC(C1)N2C(c1ccc(C(=O)N(C)C)cc1)c1cccc(OC)c1. The van der Waals surface area contributed by atoms with E-state index in [0.29, 0.717) is 12.1 Å². The third-order valence-electron chi connectivity index (χ3n) is 6.83. The van der Waals surface area contributed by atoms with E-state index in [1.165, 1.54) is 30.4 Å². The van der Waals surface area contributed by atoms with Crippen LogP contribution in [0.5, 0.6) is 5.75 Å². The number of piperidine rings is 1. The first-order chi connectivity index (χ1) is 15.5. The third kappa shape index (κ3) is 4.59. The average Bonchev–Trinajstić information content (AvgIpc) is 2.80. The number of nitrogens with zero attached hydrogens (tertiary/aromatic N) is 3. The Morgan fingerprint density at radius 1 is 1.12 bits per heavy atom. The third-order valence-corrected chi connectivity index (χ3v) is 6.83. The van der Waals surface area contributed by atoms with Crippen LogP contribution in [0.25, 0.3) is 0 Å². The smallest absolute Gasteiger partial charge is 0.253 e. The van der Waals surface area contributed by atoms with Gasteiger partial charge in [0.1, 0.15) is 5.75 Å². The number of hydrogen-bond acceptors (Lipinski definition) is 4. The summed E-state index contributed by atoms with van der Waals surface area (Å²) in [7, 11) is 5.30. The van der Waals surface area contributed by atoms with Gasteiger partial charge < -0.3 is 9.64 Å². The largest absolute Gasteiger partial charge is 0.497 e. The van der Waals surface area contributed by atoms with Crippen molar-refractivity contribution in [2.75, 3.05) is 40.8 Å². The Morgan fingerprint density at radius 2 is 1.81 bits per heavy atom. The standard InChI is InChI=1S/C27H35N3O2/c1-5-16-29-18-23-9-7-10-24(19-29)30(23)26(22-8-6-11-25(17-22)32-4)20-12-14-21(15-13-20)27(31)28(2)3/h5-6,8,11-15,17,23-24,26H,1,7,9-10,16,18-19H2,2-4H3. The summed E-state index contributed by atoms with van der Waals surface area (Å²) in [5.74, 6) is 0.909. The van der Waals surface area contributed by atoms with Gasteiger partial charge in [0, 0.05) is 51.4 Å². The molecule has 2 saturated heterocycles.